The van der Waals surface area contributed by atoms with Crippen molar-refractivity contribution in [3.63, 3.8) is 0 Å². The van der Waals surface area contributed by atoms with Gasteiger partial charge in [0.05, 0.1) is 28.5 Å². The van der Waals surface area contributed by atoms with Crippen LogP contribution in [0, 0.1) is 0 Å². The molecule has 5 rings (SSSR count). The van der Waals surface area contributed by atoms with E-state index in [0.717, 1.165) is 28.7 Å². The molecule has 0 aliphatic heterocycles. The molecule has 0 fully saturated rings. The molecule has 0 bridgehead atoms. The molecule has 5 nitrogen and oxygen atoms in total. The molecule has 168 valence electrons. The number of benzene rings is 2. The van der Waals surface area contributed by atoms with Gasteiger partial charge in [0, 0.05) is 29.4 Å². The van der Waals surface area contributed by atoms with E-state index in [2.05, 4.69) is 15.3 Å². The number of para-hydroxylation sites is 1. The lowest BCUT2D eigenvalue weighted by atomic mass is 10.1. The predicted molar refractivity (Wildman–Crippen MR) is 124 cm³/mol. The summed E-state index contributed by atoms with van der Waals surface area (Å²) in [5, 5.41) is 4.01. The number of pyridine rings is 2. The number of nitrogens with zero attached hydrogens (tertiary/aromatic N) is 3. The summed E-state index contributed by atoms with van der Waals surface area (Å²) < 4.78 is 40.4. The van der Waals surface area contributed by atoms with Crippen molar-refractivity contribution in [2.24, 2.45) is 0 Å². The Hall–Kier alpha value is -4.46. The first-order valence-electron chi connectivity index (χ1n) is 10.4. The van der Waals surface area contributed by atoms with Crippen molar-refractivity contribution in [3.8, 4) is 11.4 Å². The van der Waals surface area contributed by atoms with Crippen LogP contribution in [0.1, 0.15) is 16.1 Å². The summed E-state index contributed by atoms with van der Waals surface area (Å²) in [6.45, 7) is 0. The van der Waals surface area contributed by atoms with Crippen LogP contribution in [-0.2, 0) is 6.18 Å². The molecule has 0 saturated heterocycles. The van der Waals surface area contributed by atoms with E-state index in [0.29, 0.717) is 16.9 Å². The van der Waals surface area contributed by atoms with E-state index in [4.69, 9.17) is 0 Å². The Balaban J connectivity index is 1.42. The number of ketones is 1. The SMILES string of the molecule is O=C(/C=C\Nc1cnc2ccccc2c1)c1nc(-c2ccc(C(F)(F)F)cc2)n2ccccc12. The molecule has 1 N–H and O–H groups in total. The van der Waals surface area contributed by atoms with Crippen LogP contribution >= 0.6 is 0 Å². The number of carbonyl (C=O) groups is 1. The lowest BCUT2D eigenvalue weighted by Crippen LogP contribution is -2.04. The fourth-order valence-corrected chi connectivity index (χ4v) is 3.67. The lowest BCUT2D eigenvalue weighted by molar-refractivity contribution is -0.137. The fraction of sp³-hybridized carbons (Fsp3) is 0.0385. The van der Waals surface area contributed by atoms with Crippen LogP contribution in [0.25, 0.3) is 27.8 Å². The van der Waals surface area contributed by atoms with Gasteiger partial charge in [-0.1, -0.05) is 36.4 Å². The molecule has 3 aromatic heterocycles. The lowest BCUT2D eigenvalue weighted by Gasteiger charge is -2.07. The average Bonchev–Trinajstić information content (AvgIpc) is 3.23. The Morgan fingerprint density at radius 2 is 1.74 bits per heavy atom. The highest BCUT2D eigenvalue weighted by Crippen LogP contribution is 2.31. The summed E-state index contributed by atoms with van der Waals surface area (Å²) in [6, 6.07) is 19.6. The quantitative estimate of drug-likeness (QED) is 0.245. The van der Waals surface area contributed by atoms with Crippen molar-refractivity contribution < 1.29 is 18.0 Å². The number of imidazole rings is 1. The normalized spacial score (nSPS) is 12.0. The maximum atomic E-state index is 12.9. The summed E-state index contributed by atoms with van der Waals surface area (Å²) in [4.78, 5) is 21.8. The Kier molecular flexibility index (Phi) is 5.33. The van der Waals surface area contributed by atoms with E-state index in [1.54, 1.807) is 35.0 Å². The molecule has 34 heavy (non-hydrogen) atoms. The van der Waals surface area contributed by atoms with Gasteiger partial charge in [0.25, 0.3) is 0 Å². The molecule has 8 heteroatoms. The number of aromatic nitrogens is 3. The number of rotatable bonds is 5. The predicted octanol–water partition coefficient (Wildman–Crippen LogP) is 6.38. The highest BCUT2D eigenvalue weighted by molar-refractivity contribution is 6.08. The van der Waals surface area contributed by atoms with E-state index in [1.807, 2.05) is 30.3 Å². The third-order valence-corrected chi connectivity index (χ3v) is 5.33. The second-order valence-electron chi connectivity index (χ2n) is 7.57. The van der Waals surface area contributed by atoms with E-state index in [-0.39, 0.29) is 11.5 Å². The van der Waals surface area contributed by atoms with Gasteiger partial charge in [-0.15, -0.1) is 0 Å². The van der Waals surface area contributed by atoms with Crippen LogP contribution in [0.15, 0.2) is 97.5 Å². The van der Waals surface area contributed by atoms with Gasteiger partial charge < -0.3 is 5.32 Å². The van der Waals surface area contributed by atoms with Gasteiger partial charge in [0.1, 0.15) is 11.5 Å². The molecule has 2 aromatic carbocycles. The van der Waals surface area contributed by atoms with Gasteiger partial charge in [0.15, 0.2) is 0 Å². The number of allylic oxidation sites excluding steroid dienone is 1. The second-order valence-corrected chi connectivity index (χ2v) is 7.57. The molecule has 0 aliphatic rings. The number of hydrogen-bond acceptors (Lipinski definition) is 4. The summed E-state index contributed by atoms with van der Waals surface area (Å²) in [5.74, 6) is 0.0378. The van der Waals surface area contributed by atoms with Gasteiger partial charge in [-0.25, -0.2) is 4.98 Å². The minimum absolute atomic E-state index is 0.199. The summed E-state index contributed by atoms with van der Waals surface area (Å²) >= 11 is 0. The highest BCUT2D eigenvalue weighted by Gasteiger charge is 2.30. The summed E-state index contributed by atoms with van der Waals surface area (Å²) in [7, 11) is 0. The van der Waals surface area contributed by atoms with Crippen molar-refractivity contribution in [1.29, 1.82) is 0 Å². The zero-order chi connectivity index (χ0) is 23.7. The van der Waals surface area contributed by atoms with Crippen LogP contribution in [0.4, 0.5) is 18.9 Å². The second kappa shape index (κ2) is 8.47. The Bertz CT molecular complexity index is 1540. The average molecular weight is 458 g/mol. The smallest absolute Gasteiger partial charge is 0.360 e. The van der Waals surface area contributed by atoms with Gasteiger partial charge in [-0.3, -0.25) is 14.2 Å². The zero-order valence-electron chi connectivity index (χ0n) is 17.6. The molecular formula is C26H17F3N4O. The third kappa shape index (κ3) is 4.13. The Morgan fingerprint density at radius 3 is 2.53 bits per heavy atom. The molecule has 0 radical (unpaired) electrons. The Morgan fingerprint density at radius 1 is 0.971 bits per heavy atom. The third-order valence-electron chi connectivity index (χ3n) is 5.33. The number of carbonyl (C=O) groups excluding carboxylic acids is 1. The maximum Gasteiger partial charge on any atom is 0.416 e. The van der Waals surface area contributed by atoms with Crippen molar-refractivity contribution in [1.82, 2.24) is 14.4 Å². The zero-order valence-corrected chi connectivity index (χ0v) is 17.6. The first kappa shape index (κ1) is 21.4. The number of halogens is 3. The first-order chi connectivity index (χ1) is 16.4. The molecule has 0 unspecified atom stereocenters. The minimum atomic E-state index is -4.42. The molecular weight excluding hydrogens is 441 g/mol. The van der Waals surface area contributed by atoms with Crippen LogP contribution in [0.2, 0.25) is 0 Å². The molecule has 5 aromatic rings. The maximum absolute atomic E-state index is 12.9. The van der Waals surface area contributed by atoms with Gasteiger partial charge in [-0.05, 0) is 36.4 Å². The number of nitrogens with one attached hydrogen (secondary N) is 1. The number of anilines is 1. The monoisotopic (exact) mass is 458 g/mol. The summed E-state index contributed by atoms with van der Waals surface area (Å²) in [5.41, 5.74) is 2.07. The van der Waals surface area contributed by atoms with E-state index in [9.17, 15) is 18.0 Å². The van der Waals surface area contributed by atoms with E-state index in [1.165, 1.54) is 24.4 Å². The van der Waals surface area contributed by atoms with Gasteiger partial charge in [-0.2, -0.15) is 13.2 Å². The number of fused-ring (bicyclic) bond motifs is 2. The van der Waals surface area contributed by atoms with Crippen molar-refractivity contribution in [2.75, 3.05) is 5.32 Å². The molecule has 3 heterocycles. The van der Waals surface area contributed by atoms with Gasteiger partial charge >= 0.3 is 6.18 Å². The molecule has 0 aliphatic carbocycles. The number of alkyl halides is 3. The van der Waals surface area contributed by atoms with Crippen molar-refractivity contribution in [2.45, 2.75) is 6.18 Å². The molecule has 0 saturated carbocycles. The van der Waals surface area contributed by atoms with Crippen LogP contribution < -0.4 is 5.32 Å². The molecule has 0 spiro atoms. The largest absolute Gasteiger partial charge is 0.416 e. The van der Waals surface area contributed by atoms with Crippen molar-refractivity contribution >= 4 is 27.9 Å². The van der Waals surface area contributed by atoms with Gasteiger partial charge in [0.2, 0.25) is 5.78 Å². The standard InChI is InChI=1S/C26H17F3N4O/c27-26(28,29)19-10-8-17(9-11-19)25-32-24(22-7-3-4-14-33(22)25)23(34)12-13-30-20-15-18-5-1-2-6-21(18)31-16-20/h1-16,30H/b13-12-. The molecule has 0 amide bonds. The number of hydrogen-bond donors (Lipinski definition) is 1. The van der Waals surface area contributed by atoms with Crippen LogP contribution in [0.3, 0.4) is 0 Å². The first-order valence-corrected chi connectivity index (χ1v) is 10.4. The highest BCUT2D eigenvalue weighted by atomic mass is 19.4. The summed E-state index contributed by atoms with van der Waals surface area (Å²) in [6.07, 6.45) is 1.84. The Labute approximate surface area is 192 Å². The minimum Gasteiger partial charge on any atom is -0.360 e. The topological polar surface area (TPSA) is 59.3 Å². The van der Waals surface area contributed by atoms with Crippen molar-refractivity contribution in [3.05, 3.63) is 109 Å². The fourth-order valence-electron chi connectivity index (χ4n) is 3.67. The molecule has 0 atom stereocenters. The van der Waals surface area contributed by atoms with Crippen LogP contribution in [-0.4, -0.2) is 20.2 Å². The van der Waals surface area contributed by atoms with E-state index < -0.39 is 11.7 Å². The van der Waals surface area contributed by atoms with Crippen LogP contribution in [0.5, 0.6) is 0 Å². The van der Waals surface area contributed by atoms with E-state index >= 15 is 0 Å².